The standard InChI is InChI=1S/C10H15NO3S.BrH/c1-9-3-5-10(6-4-9)15(12,13)14-8-2-7-11;/h3-6H,2,7-8,11H2,1H3;1H. The van der Waals surface area contributed by atoms with Crippen molar-refractivity contribution in [2.24, 2.45) is 5.73 Å². The van der Waals surface area contributed by atoms with Gasteiger partial charge in [-0.3, -0.25) is 4.18 Å². The molecule has 0 unspecified atom stereocenters. The summed E-state index contributed by atoms with van der Waals surface area (Å²) in [5.41, 5.74) is 6.25. The number of nitrogens with two attached hydrogens (primary N) is 1. The van der Waals surface area contributed by atoms with Crippen molar-refractivity contribution in [2.75, 3.05) is 13.2 Å². The van der Waals surface area contributed by atoms with E-state index in [2.05, 4.69) is 0 Å². The van der Waals surface area contributed by atoms with Crippen molar-refractivity contribution in [3.63, 3.8) is 0 Å². The van der Waals surface area contributed by atoms with Gasteiger partial charge >= 0.3 is 0 Å². The molecule has 0 aliphatic carbocycles. The third-order valence-electron chi connectivity index (χ3n) is 1.90. The molecule has 2 N–H and O–H groups in total. The summed E-state index contributed by atoms with van der Waals surface area (Å²) in [7, 11) is -3.60. The van der Waals surface area contributed by atoms with Gasteiger partial charge in [0.2, 0.25) is 0 Å². The van der Waals surface area contributed by atoms with E-state index in [4.69, 9.17) is 9.92 Å². The average Bonchev–Trinajstić information content (AvgIpc) is 2.18. The predicted molar refractivity (Wildman–Crippen MR) is 68.3 cm³/mol. The molecule has 0 saturated heterocycles. The van der Waals surface area contributed by atoms with Crippen LogP contribution in [0.15, 0.2) is 29.2 Å². The van der Waals surface area contributed by atoms with Gasteiger partial charge in [0.1, 0.15) is 0 Å². The molecule has 16 heavy (non-hydrogen) atoms. The Morgan fingerprint density at radius 3 is 2.31 bits per heavy atom. The highest BCUT2D eigenvalue weighted by Gasteiger charge is 2.13. The Balaban J connectivity index is 0.00000225. The van der Waals surface area contributed by atoms with E-state index < -0.39 is 10.1 Å². The third-order valence-corrected chi connectivity index (χ3v) is 3.22. The van der Waals surface area contributed by atoms with Crippen LogP contribution in [-0.2, 0) is 14.3 Å². The van der Waals surface area contributed by atoms with Crippen LogP contribution in [0.1, 0.15) is 12.0 Å². The fraction of sp³-hybridized carbons (Fsp3) is 0.400. The highest BCUT2D eigenvalue weighted by atomic mass is 79.9. The lowest BCUT2D eigenvalue weighted by atomic mass is 10.2. The zero-order valence-corrected chi connectivity index (χ0v) is 11.6. The van der Waals surface area contributed by atoms with Gasteiger partial charge in [-0.15, -0.1) is 17.0 Å². The van der Waals surface area contributed by atoms with E-state index in [1.807, 2.05) is 6.92 Å². The number of hydrogen-bond donors (Lipinski definition) is 1. The monoisotopic (exact) mass is 309 g/mol. The van der Waals surface area contributed by atoms with Crippen molar-refractivity contribution in [3.05, 3.63) is 29.8 Å². The van der Waals surface area contributed by atoms with Gasteiger partial charge in [-0.05, 0) is 32.0 Å². The summed E-state index contributed by atoms with van der Waals surface area (Å²) >= 11 is 0. The fourth-order valence-corrected chi connectivity index (χ4v) is 1.97. The van der Waals surface area contributed by atoms with Gasteiger partial charge < -0.3 is 5.73 Å². The quantitative estimate of drug-likeness (QED) is 0.663. The Morgan fingerprint density at radius 1 is 1.25 bits per heavy atom. The second kappa shape index (κ2) is 7.01. The first kappa shape index (κ1) is 15.6. The second-order valence-corrected chi connectivity index (χ2v) is 4.85. The zero-order valence-electron chi connectivity index (χ0n) is 9.05. The molecule has 0 aliphatic heterocycles. The van der Waals surface area contributed by atoms with E-state index in [1.54, 1.807) is 12.1 Å². The topological polar surface area (TPSA) is 69.4 Å². The Hall–Kier alpha value is -0.430. The van der Waals surface area contributed by atoms with Gasteiger partial charge in [0.25, 0.3) is 10.1 Å². The molecule has 1 aromatic rings. The first-order valence-electron chi connectivity index (χ1n) is 4.72. The van der Waals surface area contributed by atoms with Crippen LogP contribution >= 0.6 is 17.0 Å². The number of hydrogen-bond acceptors (Lipinski definition) is 4. The molecule has 0 radical (unpaired) electrons. The first-order valence-corrected chi connectivity index (χ1v) is 6.13. The van der Waals surface area contributed by atoms with Crippen LogP contribution in [0.25, 0.3) is 0 Å². The van der Waals surface area contributed by atoms with E-state index in [0.717, 1.165) is 5.56 Å². The van der Waals surface area contributed by atoms with E-state index >= 15 is 0 Å². The van der Waals surface area contributed by atoms with Crippen LogP contribution in [0.4, 0.5) is 0 Å². The first-order chi connectivity index (χ1) is 7.06. The number of rotatable bonds is 5. The van der Waals surface area contributed by atoms with Gasteiger partial charge in [0.05, 0.1) is 11.5 Å². The Kier molecular flexibility index (Phi) is 6.82. The van der Waals surface area contributed by atoms with Crippen LogP contribution in [0.5, 0.6) is 0 Å². The SMILES string of the molecule is Br.Cc1ccc(S(=O)(=O)OCCCN)cc1. The van der Waals surface area contributed by atoms with Gasteiger partial charge in [-0.1, -0.05) is 17.7 Å². The second-order valence-electron chi connectivity index (χ2n) is 3.23. The molecule has 4 nitrogen and oxygen atoms in total. The van der Waals surface area contributed by atoms with E-state index in [1.165, 1.54) is 12.1 Å². The summed E-state index contributed by atoms with van der Waals surface area (Å²) in [6, 6.07) is 6.54. The Bertz CT molecular complexity index is 403. The van der Waals surface area contributed by atoms with Crippen LogP contribution in [-0.4, -0.2) is 21.6 Å². The minimum atomic E-state index is -3.60. The molecule has 0 saturated carbocycles. The lowest BCUT2D eigenvalue weighted by Gasteiger charge is -2.04. The number of halogens is 1. The molecule has 0 atom stereocenters. The normalized spacial score (nSPS) is 10.9. The fourth-order valence-electron chi connectivity index (χ4n) is 1.02. The molecule has 92 valence electrons. The summed E-state index contributed by atoms with van der Waals surface area (Å²) < 4.78 is 27.9. The van der Waals surface area contributed by atoms with Crippen molar-refractivity contribution in [2.45, 2.75) is 18.2 Å². The average molecular weight is 310 g/mol. The minimum absolute atomic E-state index is 0. The summed E-state index contributed by atoms with van der Waals surface area (Å²) in [4.78, 5) is 0.185. The lowest BCUT2D eigenvalue weighted by molar-refractivity contribution is 0.314. The lowest BCUT2D eigenvalue weighted by Crippen LogP contribution is -2.10. The van der Waals surface area contributed by atoms with Gasteiger partial charge in [0, 0.05) is 0 Å². The van der Waals surface area contributed by atoms with E-state index in [9.17, 15) is 8.42 Å². The van der Waals surface area contributed by atoms with E-state index in [-0.39, 0.29) is 28.5 Å². The maximum Gasteiger partial charge on any atom is 0.296 e. The maximum absolute atomic E-state index is 11.6. The predicted octanol–water partition coefficient (Wildman–Crippen LogP) is 1.63. The molecule has 1 aromatic carbocycles. The molecule has 0 heterocycles. The van der Waals surface area contributed by atoms with E-state index in [0.29, 0.717) is 13.0 Å². The molecular formula is C10H16BrNO3S. The molecule has 0 amide bonds. The number of benzene rings is 1. The highest BCUT2D eigenvalue weighted by molar-refractivity contribution is 8.93. The van der Waals surface area contributed by atoms with Crippen molar-refractivity contribution < 1.29 is 12.6 Å². The van der Waals surface area contributed by atoms with Gasteiger partial charge in [-0.2, -0.15) is 8.42 Å². The smallest absolute Gasteiger partial charge is 0.296 e. The minimum Gasteiger partial charge on any atom is -0.330 e. The molecule has 6 heteroatoms. The Labute approximate surface area is 107 Å². The molecule has 0 aliphatic rings. The summed E-state index contributed by atoms with van der Waals surface area (Å²) in [6.07, 6.45) is 0.533. The maximum atomic E-state index is 11.6. The molecular weight excluding hydrogens is 294 g/mol. The largest absolute Gasteiger partial charge is 0.330 e. The molecule has 1 rings (SSSR count). The molecule has 0 spiro atoms. The van der Waals surface area contributed by atoms with Crippen molar-refractivity contribution in [1.29, 1.82) is 0 Å². The molecule has 0 bridgehead atoms. The number of aryl methyl sites for hydroxylation is 1. The highest BCUT2D eigenvalue weighted by Crippen LogP contribution is 2.13. The summed E-state index contributed by atoms with van der Waals surface area (Å²) in [5, 5.41) is 0. The van der Waals surface area contributed by atoms with Crippen molar-refractivity contribution in [1.82, 2.24) is 0 Å². The van der Waals surface area contributed by atoms with Crippen molar-refractivity contribution in [3.8, 4) is 0 Å². The summed E-state index contributed by atoms with van der Waals surface area (Å²) in [6.45, 7) is 2.45. The van der Waals surface area contributed by atoms with Crippen molar-refractivity contribution >= 4 is 27.1 Å². The van der Waals surface area contributed by atoms with Crippen LogP contribution in [0.2, 0.25) is 0 Å². The van der Waals surface area contributed by atoms with Crippen LogP contribution < -0.4 is 5.73 Å². The van der Waals surface area contributed by atoms with Gasteiger partial charge in [0.15, 0.2) is 0 Å². The third kappa shape index (κ3) is 4.61. The van der Waals surface area contributed by atoms with Crippen LogP contribution in [0.3, 0.4) is 0 Å². The molecule has 0 aromatic heterocycles. The Morgan fingerprint density at radius 2 is 1.81 bits per heavy atom. The van der Waals surface area contributed by atoms with Gasteiger partial charge in [-0.25, -0.2) is 0 Å². The van der Waals surface area contributed by atoms with Crippen LogP contribution in [0, 0.1) is 6.92 Å². The summed E-state index contributed by atoms with van der Waals surface area (Å²) in [5.74, 6) is 0. The molecule has 0 fully saturated rings. The zero-order chi connectivity index (χ0) is 11.3.